The first-order valence-corrected chi connectivity index (χ1v) is 10.0. The molecule has 2 aromatic carbocycles. The summed E-state index contributed by atoms with van der Waals surface area (Å²) in [5.74, 6) is -0.292. The molecule has 0 radical (unpaired) electrons. The Labute approximate surface area is 158 Å². The van der Waals surface area contributed by atoms with Gasteiger partial charge >= 0.3 is 6.09 Å². The lowest BCUT2D eigenvalue weighted by Gasteiger charge is -2.09. The fourth-order valence-electron chi connectivity index (χ4n) is 2.23. The molecular weight excluding hydrogens is 370 g/mol. The van der Waals surface area contributed by atoms with Crippen molar-refractivity contribution in [3.8, 4) is 0 Å². The Hall–Kier alpha value is -3.07. The van der Waals surface area contributed by atoms with E-state index in [9.17, 15) is 18.0 Å². The van der Waals surface area contributed by atoms with E-state index in [-0.39, 0.29) is 19.1 Å². The summed E-state index contributed by atoms with van der Waals surface area (Å²) in [6.45, 7) is 2.22. The number of hydrogen-bond donors (Lipinski definition) is 3. The average Bonchev–Trinajstić information content (AvgIpc) is 2.59. The summed E-state index contributed by atoms with van der Waals surface area (Å²) < 4.78 is 29.7. The summed E-state index contributed by atoms with van der Waals surface area (Å²) in [4.78, 5) is 23.6. The summed E-state index contributed by atoms with van der Waals surface area (Å²) >= 11 is 0. The molecule has 0 heterocycles. The smallest absolute Gasteiger partial charge is 0.411 e. The van der Waals surface area contributed by atoms with Crippen LogP contribution in [0.15, 0.2) is 48.5 Å². The number of nitrogens with one attached hydrogen (secondary N) is 3. The highest BCUT2D eigenvalue weighted by atomic mass is 32.2. The predicted octanol–water partition coefficient (Wildman–Crippen LogP) is 2.56. The van der Waals surface area contributed by atoms with Gasteiger partial charge < -0.3 is 10.1 Å². The van der Waals surface area contributed by atoms with Crippen molar-refractivity contribution in [1.29, 1.82) is 0 Å². The van der Waals surface area contributed by atoms with Crippen molar-refractivity contribution in [1.82, 2.24) is 5.32 Å². The molecule has 2 rings (SSSR count). The largest absolute Gasteiger partial charge is 0.450 e. The van der Waals surface area contributed by atoms with Crippen molar-refractivity contribution >= 4 is 33.4 Å². The summed E-state index contributed by atoms with van der Waals surface area (Å²) in [5, 5.41) is 5.30. The maximum atomic E-state index is 12.2. The van der Waals surface area contributed by atoms with Gasteiger partial charge in [0.05, 0.1) is 12.9 Å². The molecule has 0 atom stereocenters. The topological polar surface area (TPSA) is 114 Å². The van der Waals surface area contributed by atoms with Gasteiger partial charge in [-0.05, 0) is 48.9 Å². The Kier molecular flexibility index (Phi) is 6.78. The minimum atomic E-state index is -3.36. The zero-order valence-electron chi connectivity index (χ0n) is 15.0. The van der Waals surface area contributed by atoms with E-state index in [4.69, 9.17) is 4.74 Å². The van der Waals surface area contributed by atoms with Gasteiger partial charge in [0.15, 0.2) is 0 Å². The molecule has 144 valence electrons. The van der Waals surface area contributed by atoms with Gasteiger partial charge in [-0.25, -0.2) is 13.2 Å². The fraction of sp³-hybridized carbons (Fsp3) is 0.222. The highest BCUT2D eigenvalue weighted by molar-refractivity contribution is 7.92. The number of carbonyl (C=O) groups excluding carboxylic acids is 2. The van der Waals surface area contributed by atoms with Crippen molar-refractivity contribution in [3.05, 3.63) is 59.7 Å². The Morgan fingerprint density at radius 3 is 2.37 bits per heavy atom. The van der Waals surface area contributed by atoms with Gasteiger partial charge in [-0.2, -0.15) is 0 Å². The van der Waals surface area contributed by atoms with E-state index in [1.165, 1.54) is 0 Å². The molecule has 9 heteroatoms. The van der Waals surface area contributed by atoms with Crippen molar-refractivity contribution in [2.24, 2.45) is 0 Å². The van der Waals surface area contributed by atoms with Crippen LogP contribution in [0.1, 0.15) is 22.8 Å². The molecule has 27 heavy (non-hydrogen) atoms. The highest BCUT2D eigenvalue weighted by Gasteiger charge is 2.08. The average molecular weight is 391 g/mol. The lowest BCUT2D eigenvalue weighted by Crippen LogP contribution is -2.23. The third-order valence-electron chi connectivity index (χ3n) is 3.35. The van der Waals surface area contributed by atoms with Crippen LogP contribution >= 0.6 is 0 Å². The van der Waals surface area contributed by atoms with Crippen LogP contribution in [0.4, 0.5) is 16.2 Å². The number of benzene rings is 2. The van der Waals surface area contributed by atoms with Crippen LogP contribution in [0, 0.1) is 0 Å². The van der Waals surface area contributed by atoms with Gasteiger partial charge in [0.1, 0.15) is 0 Å². The molecule has 0 saturated heterocycles. The summed E-state index contributed by atoms with van der Waals surface area (Å²) in [6, 6.07) is 13.1. The van der Waals surface area contributed by atoms with Gasteiger partial charge in [0.25, 0.3) is 5.91 Å². The molecule has 0 aliphatic heterocycles. The fourth-order valence-corrected chi connectivity index (χ4v) is 2.79. The first kappa shape index (κ1) is 20.2. The summed E-state index contributed by atoms with van der Waals surface area (Å²) in [5.41, 5.74) is 2.12. The number of sulfonamides is 1. The van der Waals surface area contributed by atoms with Gasteiger partial charge in [-0.1, -0.05) is 12.1 Å². The van der Waals surface area contributed by atoms with Crippen LogP contribution < -0.4 is 15.4 Å². The number of ether oxygens (including phenoxy) is 1. The minimum Gasteiger partial charge on any atom is -0.450 e. The van der Waals surface area contributed by atoms with Crippen molar-refractivity contribution in [2.45, 2.75) is 13.5 Å². The minimum absolute atomic E-state index is 0.237. The molecule has 2 amide bonds. The SMILES string of the molecule is CCOC(=O)Nc1ccc(C(=O)NCc2cccc(NS(C)(=O)=O)c2)cc1. The van der Waals surface area contributed by atoms with Crippen LogP contribution in [0.25, 0.3) is 0 Å². The molecule has 0 spiro atoms. The predicted molar refractivity (Wildman–Crippen MR) is 103 cm³/mol. The molecule has 0 aliphatic carbocycles. The van der Waals surface area contributed by atoms with Crippen LogP contribution in [-0.4, -0.2) is 33.3 Å². The molecule has 3 N–H and O–H groups in total. The van der Waals surface area contributed by atoms with Gasteiger partial charge in [-0.3, -0.25) is 14.8 Å². The van der Waals surface area contributed by atoms with Crippen LogP contribution in [0.2, 0.25) is 0 Å². The van der Waals surface area contributed by atoms with E-state index < -0.39 is 16.1 Å². The van der Waals surface area contributed by atoms with E-state index in [0.29, 0.717) is 16.9 Å². The first-order chi connectivity index (χ1) is 12.8. The van der Waals surface area contributed by atoms with Crippen LogP contribution in [0.3, 0.4) is 0 Å². The van der Waals surface area contributed by atoms with Crippen LogP contribution in [0.5, 0.6) is 0 Å². The Balaban J connectivity index is 1.94. The molecule has 8 nitrogen and oxygen atoms in total. The van der Waals surface area contributed by atoms with E-state index in [2.05, 4.69) is 15.4 Å². The van der Waals surface area contributed by atoms with Crippen LogP contribution in [-0.2, 0) is 21.3 Å². The second-order valence-electron chi connectivity index (χ2n) is 5.68. The van der Waals surface area contributed by atoms with E-state index in [1.807, 2.05) is 0 Å². The molecule has 0 aromatic heterocycles. The molecule has 0 aliphatic rings. The third-order valence-corrected chi connectivity index (χ3v) is 3.96. The Morgan fingerprint density at radius 1 is 1.04 bits per heavy atom. The van der Waals surface area contributed by atoms with E-state index in [0.717, 1.165) is 11.8 Å². The maximum absolute atomic E-state index is 12.2. The normalized spacial score (nSPS) is 10.7. The quantitative estimate of drug-likeness (QED) is 0.671. The zero-order valence-corrected chi connectivity index (χ0v) is 15.8. The molecule has 2 aromatic rings. The molecular formula is C18H21N3O5S. The number of rotatable bonds is 7. The van der Waals surface area contributed by atoms with Crippen molar-refractivity contribution in [2.75, 3.05) is 22.9 Å². The molecule has 0 saturated carbocycles. The highest BCUT2D eigenvalue weighted by Crippen LogP contribution is 2.13. The number of carbonyl (C=O) groups is 2. The number of amides is 2. The monoisotopic (exact) mass is 391 g/mol. The molecule has 0 fully saturated rings. The van der Waals surface area contributed by atoms with Gasteiger partial charge in [-0.15, -0.1) is 0 Å². The van der Waals surface area contributed by atoms with Crippen molar-refractivity contribution < 1.29 is 22.7 Å². The van der Waals surface area contributed by atoms with E-state index >= 15 is 0 Å². The second-order valence-corrected chi connectivity index (χ2v) is 7.43. The van der Waals surface area contributed by atoms with E-state index in [1.54, 1.807) is 55.5 Å². The summed E-state index contributed by atoms with van der Waals surface area (Å²) in [7, 11) is -3.36. The third kappa shape index (κ3) is 6.98. The Bertz CT molecular complexity index is 911. The van der Waals surface area contributed by atoms with Gasteiger partial charge in [0.2, 0.25) is 10.0 Å². The first-order valence-electron chi connectivity index (χ1n) is 8.15. The number of hydrogen-bond acceptors (Lipinski definition) is 5. The second kappa shape index (κ2) is 9.04. The Morgan fingerprint density at radius 2 is 1.74 bits per heavy atom. The standard InChI is InChI=1S/C18H21N3O5S/c1-3-26-18(23)20-15-9-7-14(8-10-15)17(22)19-12-13-5-4-6-16(11-13)21-27(2,24)25/h4-11,21H,3,12H2,1-2H3,(H,19,22)(H,20,23). The molecule has 0 unspecified atom stereocenters. The lowest BCUT2D eigenvalue weighted by atomic mass is 10.1. The maximum Gasteiger partial charge on any atom is 0.411 e. The lowest BCUT2D eigenvalue weighted by molar-refractivity contribution is 0.0951. The molecule has 0 bridgehead atoms. The zero-order chi connectivity index (χ0) is 19.9. The number of anilines is 2. The summed E-state index contributed by atoms with van der Waals surface area (Å²) in [6.07, 6.45) is 0.513. The van der Waals surface area contributed by atoms with Gasteiger partial charge in [0, 0.05) is 23.5 Å². The van der Waals surface area contributed by atoms with Crippen molar-refractivity contribution in [3.63, 3.8) is 0 Å².